The topological polar surface area (TPSA) is 38.4 Å². The second-order valence-electron chi connectivity index (χ2n) is 8.23. The van der Waals surface area contributed by atoms with Gasteiger partial charge in [0.25, 0.3) is 0 Å². The van der Waals surface area contributed by atoms with Crippen molar-refractivity contribution in [2.45, 2.75) is 33.6 Å². The van der Waals surface area contributed by atoms with E-state index in [-0.39, 0.29) is 0 Å². The lowest BCUT2D eigenvalue weighted by Crippen LogP contribution is -1.91. The highest BCUT2D eigenvalue weighted by Crippen LogP contribution is 2.35. The van der Waals surface area contributed by atoms with Gasteiger partial charge in [0.05, 0.1) is 0 Å². The van der Waals surface area contributed by atoms with Crippen molar-refractivity contribution in [2.24, 2.45) is 4.99 Å². The molecule has 0 aliphatic heterocycles. The van der Waals surface area contributed by atoms with E-state index in [1.165, 1.54) is 16.7 Å². The van der Waals surface area contributed by atoms with Crippen LogP contribution in [0.2, 0.25) is 0 Å². The van der Waals surface area contributed by atoms with E-state index < -0.39 is 0 Å². The summed E-state index contributed by atoms with van der Waals surface area (Å²) >= 11 is 0. The average Bonchev–Trinajstić information content (AvgIpc) is 3.14. The maximum absolute atomic E-state index is 6.20. The maximum Gasteiger partial charge on any atom is 0.227 e. The minimum absolute atomic E-state index is 0.512. The first-order chi connectivity index (χ1) is 15.0. The van der Waals surface area contributed by atoms with Crippen LogP contribution in [0.5, 0.6) is 0 Å². The first-order valence-corrected chi connectivity index (χ1v) is 10.7. The number of aromatic nitrogens is 1. The highest BCUT2D eigenvalue weighted by atomic mass is 16.3. The summed E-state index contributed by atoms with van der Waals surface area (Å²) in [6, 6.07) is 17.1. The Kier molecular flexibility index (Phi) is 5.85. The van der Waals surface area contributed by atoms with Crippen LogP contribution in [0.15, 0.2) is 76.3 Å². The minimum atomic E-state index is 0.512. The van der Waals surface area contributed by atoms with Gasteiger partial charge in [-0.05, 0) is 65.8 Å². The first-order valence-electron chi connectivity index (χ1n) is 10.7. The molecular formula is C28H28N2O. The molecule has 0 saturated carbocycles. The number of aliphatic imine (C=N–C) groups is 1. The van der Waals surface area contributed by atoms with Crippen LogP contribution >= 0.6 is 0 Å². The molecule has 0 N–H and O–H groups in total. The van der Waals surface area contributed by atoms with Gasteiger partial charge in [-0.3, -0.25) is 4.99 Å². The molecule has 0 aliphatic rings. The fourth-order valence-electron chi connectivity index (χ4n) is 4.01. The van der Waals surface area contributed by atoms with Gasteiger partial charge in [0.1, 0.15) is 5.58 Å². The summed E-state index contributed by atoms with van der Waals surface area (Å²) in [5.74, 6) is 0.512. The van der Waals surface area contributed by atoms with Crippen molar-refractivity contribution in [1.29, 1.82) is 0 Å². The smallest absolute Gasteiger partial charge is 0.227 e. The Hall–Kier alpha value is -3.46. The molecule has 0 bridgehead atoms. The number of fused-ring (bicyclic) bond motifs is 3. The molecule has 4 aromatic rings. The van der Waals surface area contributed by atoms with Gasteiger partial charge >= 0.3 is 0 Å². The summed E-state index contributed by atoms with van der Waals surface area (Å²) < 4.78 is 6.20. The molecule has 2 aromatic carbocycles. The third-order valence-corrected chi connectivity index (χ3v) is 5.71. The number of pyridine rings is 1. The van der Waals surface area contributed by atoms with Gasteiger partial charge in [0, 0.05) is 35.8 Å². The van der Waals surface area contributed by atoms with Crippen molar-refractivity contribution in [2.75, 3.05) is 7.05 Å². The Labute approximate surface area is 183 Å². The van der Waals surface area contributed by atoms with E-state index >= 15 is 0 Å². The van der Waals surface area contributed by atoms with Crippen LogP contribution in [0.25, 0.3) is 33.2 Å². The third-order valence-electron chi connectivity index (χ3n) is 5.71. The highest BCUT2D eigenvalue weighted by Gasteiger charge is 2.15. The summed E-state index contributed by atoms with van der Waals surface area (Å²) in [5, 5.41) is 2.14. The molecule has 156 valence electrons. The van der Waals surface area contributed by atoms with Crippen LogP contribution in [-0.2, 0) is 0 Å². The quantitative estimate of drug-likeness (QED) is 0.252. The lowest BCUT2D eigenvalue weighted by Gasteiger charge is -2.11. The normalized spacial score (nSPS) is 13.2. The maximum atomic E-state index is 6.20. The number of allylic oxidation sites excluding steroid dienone is 4. The number of benzene rings is 2. The molecule has 0 saturated heterocycles. The van der Waals surface area contributed by atoms with Gasteiger partial charge in [-0.25, -0.2) is 4.98 Å². The summed E-state index contributed by atoms with van der Waals surface area (Å²) in [6.07, 6.45) is 7.89. The molecule has 2 aromatic heterocycles. The summed E-state index contributed by atoms with van der Waals surface area (Å²) in [5.41, 5.74) is 8.63. The Bertz CT molecular complexity index is 1320. The predicted molar refractivity (Wildman–Crippen MR) is 133 cm³/mol. The summed E-state index contributed by atoms with van der Waals surface area (Å²) in [4.78, 5) is 8.57. The number of nitrogens with zero attached hydrogens (tertiary/aromatic N) is 2. The van der Waals surface area contributed by atoms with Crippen LogP contribution in [0.4, 0.5) is 0 Å². The molecular weight excluding hydrogens is 380 g/mol. The number of hydrogen-bond acceptors (Lipinski definition) is 3. The van der Waals surface area contributed by atoms with E-state index in [4.69, 9.17) is 4.42 Å². The fourth-order valence-corrected chi connectivity index (χ4v) is 4.01. The molecule has 0 fully saturated rings. The third kappa shape index (κ3) is 4.09. The monoisotopic (exact) mass is 408 g/mol. The zero-order chi connectivity index (χ0) is 22.0. The standard InChI is InChI=1S/C28H28N2O/c1-18(2)21-9-11-22(12-10-21)23(14-16-29-5)17-20(4)26-19(3)8-13-24-25-7-6-15-30-28(25)31-27(24)26/h6-18H,1-5H3/b20-17+,23-14+,29-16+. The molecule has 0 atom stereocenters. The van der Waals surface area contributed by atoms with Gasteiger partial charge in [-0.15, -0.1) is 0 Å². The van der Waals surface area contributed by atoms with Crippen molar-refractivity contribution in [3.63, 3.8) is 0 Å². The van der Waals surface area contributed by atoms with E-state index in [1.54, 1.807) is 13.2 Å². The molecule has 4 rings (SSSR count). The molecule has 0 unspecified atom stereocenters. The second kappa shape index (κ2) is 8.73. The number of rotatable bonds is 5. The molecule has 3 heteroatoms. The van der Waals surface area contributed by atoms with Gasteiger partial charge in [-0.1, -0.05) is 56.3 Å². The minimum Gasteiger partial charge on any atom is -0.437 e. The fraction of sp³-hybridized carbons (Fsp3) is 0.214. The Morgan fingerprint density at radius 3 is 2.52 bits per heavy atom. The van der Waals surface area contributed by atoms with Crippen molar-refractivity contribution in [3.8, 4) is 0 Å². The van der Waals surface area contributed by atoms with Crippen LogP contribution in [0.3, 0.4) is 0 Å². The summed E-state index contributed by atoms with van der Waals surface area (Å²) in [6.45, 7) is 8.69. The second-order valence-corrected chi connectivity index (χ2v) is 8.23. The van der Waals surface area contributed by atoms with Gasteiger partial charge in [-0.2, -0.15) is 0 Å². The van der Waals surface area contributed by atoms with Crippen LogP contribution in [0, 0.1) is 6.92 Å². The molecule has 31 heavy (non-hydrogen) atoms. The van der Waals surface area contributed by atoms with E-state index in [1.807, 2.05) is 12.3 Å². The molecule has 2 heterocycles. The summed E-state index contributed by atoms with van der Waals surface area (Å²) in [7, 11) is 1.79. The lowest BCUT2D eigenvalue weighted by atomic mass is 9.94. The zero-order valence-electron chi connectivity index (χ0n) is 18.8. The Morgan fingerprint density at radius 2 is 1.81 bits per heavy atom. The largest absolute Gasteiger partial charge is 0.437 e. The van der Waals surface area contributed by atoms with E-state index in [0.29, 0.717) is 11.6 Å². The Balaban J connectivity index is 1.85. The van der Waals surface area contributed by atoms with Crippen molar-refractivity contribution in [1.82, 2.24) is 4.98 Å². The molecule has 0 spiro atoms. The van der Waals surface area contributed by atoms with Gasteiger partial charge in [0.15, 0.2) is 0 Å². The van der Waals surface area contributed by atoms with Crippen molar-refractivity contribution < 1.29 is 4.42 Å². The number of furan rings is 1. The molecule has 0 aliphatic carbocycles. The predicted octanol–water partition coefficient (Wildman–Crippen LogP) is 7.60. The van der Waals surface area contributed by atoms with Gasteiger partial charge < -0.3 is 4.42 Å². The van der Waals surface area contributed by atoms with Crippen LogP contribution in [-0.4, -0.2) is 18.2 Å². The van der Waals surface area contributed by atoms with Gasteiger partial charge in [0.2, 0.25) is 5.71 Å². The molecule has 0 amide bonds. The van der Waals surface area contributed by atoms with Crippen molar-refractivity contribution in [3.05, 3.63) is 89.1 Å². The SMILES string of the molecule is C/N=C/C=C(\C=C(/C)c1c(C)ccc2c1oc1ncccc12)c1ccc(C(C)C)cc1. The molecule has 0 radical (unpaired) electrons. The zero-order valence-corrected chi connectivity index (χ0v) is 18.8. The number of aryl methyl sites for hydroxylation is 1. The number of hydrogen-bond donors (Lipinski definition) is 0. The van der Waals surface area contributed by atoms with E-state index in [9.17, 15) is 0 Å². The van der Waals surface area contributed by atoms with Crippen molar-refractivity contribution >= 4 is 39.4 Å². The van der Waals surface area contributed by atoms with E-state index in [0.717, 1.165) is 33.1 Å². The average molecular weight is 409 g/mol. The Morgan fingerprint density at radius 1 is 1.03 bits per heavy atom. The first kappa shape index (κ1) is 20.8. The highest BCUT2D eigenvalue weighted by molar-refractivity contribution is 6.08. The lowest BCUT2D eigenvalue weighted by molar-refractivity contribution is 0.652. The van der Waals surface area contributed by atoms with Crippen LogP contribution < -0.4 is 0 Å². The molecule has 3 nitrogen and oxygen atoms in total. The van der Waals surface area contributed by atoms with Crippen LogP contribution in [0.1, 0.15) is 48.9 Å². The van der Waals surface area contributed by atoms with E-state index in [2.05, 4.69) is 92.3 Å².